The van der Waals surface area contributed by atoms with E-state index in [1.807, 2.05) is 12.1 Å². The molecule has 27 heavy (non-hydrogen) atoms. The Morgan fingerprint density at radius 1 is 1.26 bits per heavy atom. The second-order valence-electron chi connectivity index (χ2n) is 8.25. The van der Waals surface area contributed by atoms with Crippen molar-refractivity contribution in [1.29, 1.82) is 5.26 Å². The smallest absolute Gasteiger partial charge is 0.328 e. The molecule has 3 heterocycles. The van der Waals surface area contributed by atoms with Gasteiger partial charge in [-0.25, -0.2) is 14.8 Å². The summed E-state index contributed by atoms with van der Waals surface area (Å²) in [5.41, 5.74) is -0.324. The molecule has 0 atom stereocenters. The summed E-state index contributed by atoms with van der Waals surface area (Å²) in [6, 6.07) is 3.70. The van der Waals surface area contributed by atoms with E-state index in [2.05, 4.69) is 49.5 Å². The number of aromatic amines is 1. The normalized spacial score (nSPS) is 14.9. The molecule has 1 aliphatic heterocycles. The molecular weight excluding hydrogens is 344 g/mol. The van der Waals surface area contributed by atoms with Crippen molar-refractivity contribution in [1.82, 2.24) is 19.5 Å². The summed E-state index contributed by atoms with van der Waals surface area (Å²) in [6.07, 6.45) is 1.34. The summed E-state index contributed by atoms with van der Waals surface area (Å²) in [6.45, 7) is 11.6. The molecule has 8 nitrogen and oxygen atoms in total. The van der Waals surface area contributed by atoms with E-state index in [1.165, 1.54) is 10.8 Å². The topological polar surface area (TPSA) is 108 Å². The fraction of sp³-hybridized carbons (Fsp3) is 0.526. The Morgan fingerprint density at radius 2 is 1.93 bits per heavy atom. The highest BCUT2D eigenvalue weighted by Crippen LogP contribution is 2.30. The second kappa shape index (κ2) is 6.65. The summed E-state index contributed by atoms with van der Waals surface area (Å²) in [4.78, 5) is 37.3. The lowest BCUT2D eigenvalue weighted by Gasteiger charge is -2.41. The van der Waals surface area contributed by atoms with Gasteiger partial charge in [-0.3, -0.25) is 14.3 Å². The molecule has 1 fully saturated rings. The predicted molar refractivity (Wildman–Crippen MR) is 102 cm³/mol. The third-order valence-electron chi connectivity index (χ3n) is 4.68. The van der Waals surface area contributed by atoms with Gasteiger partial charge in [0.1, 0.15) is 23.3 Å². The Hall–Kier alpha value is -2.95. The highest BCUT2D eigenvalue weighted by atomic mass is 16.2. The number of nitrogens with zero attached hydrogens (tertiary/aromatic N) is 5. The van der Waals surface area contributed by atoms with Gasteiger partial charge >= 0.3 is 5.69 Å². The largest absolute Gasteiger partial charge is 0.352 e. The van der Waals surface area contributed by atoms with Gasteiger partial charge in [0.25, 0.3) is 5.56 Å². The molecule has 0 aliphatic carbocycles. The molecule has 8 heteroatoms. The molecule has 1 N–H and O–H groups in total. The zero-order chi connectivity index (χ0) is 19.9. The highest BCUT2D eigenvalue weighted by Gasteiger charge is 2.32. The van der Waals surface area contributed by atoms with Crippen LogP contribution in [0.1, 0.15) is 63.7 Å². The molecule has 0 radical (unpaired) electrons. The minimum Gasteiger partial charge on any atom is -0.352 e. The number of aromatic nitrogens is 4. The van der Waals surface area contributed by atoms with E-state index in [0.29, 0.717) is 13.1 Å². The SMILES string of the molecule is CC(C)c1nc(N2CC(n3cc(C#N)c(=O)[nH]c3=O)C2)cc(C(C)(C)C)n1. The van der Waals surface area contributed by atoms with Crippen molar-refractivity contribution in [3.63, 3.8) is 0 Å². The minimum absolute atomic E-state index is 0.0628. The lowest BCUT2D eigenvalue weighted by Crippen LogP contribution is -2.52. The number of hydrogen-bond acceptors (Lipinski definition) is 6. The first-order chi connectivity index (χ1) is 12.6. The standard InChI is InChI=1S/C19H24N6O2/c1-11(2)16-21-14(19(3,4)5)6-15(22-16)24-9-13(10-24)25-8-12(7-20)17(26)23-18(25)27/h6,8,11,13H,9-10H2,1-5H3,(H,23,26,27). The van der Waals surface area contributed by atoms with E-state index in [0.717, 1.165) is 17.3 Å². The van der Waals surface area contributed by atoms with Gasteiger partial charge in [-0.1, -0.05) is 34.6 Å². The maximum Gasteiger partial charge on any atom is 0.328 e. The average molecular weight is 368 g/mol. The third kappa shape index (κ3) is 3.63. The lowest BCUT2D eigenvalue weighted by molar-refractivity contribution is 0.380. The van der Waals surface area contributed by atoms with Crippen molar-refractivity contribution >= 4 is 5.82 Å². The van der Waals surface area contributed by atoms with Gasteiger partial charge in [-0.15, -0.1) is 0 Å². The highest BCUT2D eigenvalue weighted by molar-refractivity contribution is 5.45. The predicted octanol–water partition coefficient (Wildman–Crippen LogP) is 1.68. The van der Waals surface area contributed by atoms with Crippen LogP contribution in [0.25, 0.3) is 0 Å². The molecule has 1 aliphatic rings. The van der Waals surface area contributed by atoms with Crippen LogP contribution < -0.4 is 16.1 Å². The van der Waals surface area contributed by atoms with E-state index in [-0.39, 0.29) is 22.9 Å². The molecule has 142 valence electrons. The monoisotopic (exact) mass is 368 g/mol. The van der Waals surface area contributed by atoms with Crippen LogP contribution in [0.5, 0.6) is 0 Å². The molecule has 0 saturated carbocycles. The van der Waals surface area contributed by atoms with Gasteiger partial charge in [0.2, 0.25) is 0 Å². The van der Waals surface area contributed by atoms with Crippen molar-refractivity contribution in [2.24, 2.45) is 0 Å². The lowest BCUT2D eigenvalue weighted by atomic mass is 9.91. The van der Waals surface area contributed by atoms with Crippen molar-refractivity contribution in [2.45, 2.75) is 52.0 Å². The Kier molecular flexibility index (Phi) is 4.64. The zero-order valence-corrected chi connectivity index (χ0v) is 16.3. The number of hydrogen-bond donors (Lipinski definition) is 1. The molecular formula is C19H24N6O2. The van der Waals surface area contributed by atoms with Crippen LogP contribution in [0, 0.1) is 11.3 Å². The van der Waals surface area contributed by atoms with Gasteiger partial charge < -0.3 is 4.90 Å². The van der Waals surface area contributed by atoms with E-state index in [4.69, 9.17) is 10.2 Å². The van der Waals surface area contributed by atoms with Gasteiger partial charge in [0, 0.05) is 36.7 Å². The van der Waals surface area contributed by atoms with Crippen LogP contribution in [0.2, 0.25) is 0 Å². The summed E-state index contributed by atoms with van der Waals surface area (Å²) in [5, 5.41) is 9.01. The van der Waals surface area contributed by atoms with E-state index < -0.39 is 11.2 Å². The van der Waals surface area contributed by atoms with Gasteiger partial charge in [-0.2, -0.15) is 5.26 Å². The van der Waals surface area contributed by atoms with Crippen LogP contribution in [-0.2, 0) is 5.41 Å². The summed E-state index contributed by atoms with van der Waals surface area (Å²) >= 11 is 0. The molecule has 2 aromatic heterocycles. The van der Waals surface area contributed by atoms with Crippen LogP contribution in [0.3, 0.4) is 0 Å². The van der Waals surface area contributed by atoms with Crippen molar-refractivity contribution < 1.29 is 0 Å². The van der Waals surface area contributed by atoms with E-state index in [1.54, 1.807) is 0 Å². The van der Waals surface area contributed by atoms with Crippen LogP contribution in [0.15, 0.2) is 21.9 Å². The maximum atomic E-state index is 12.1. The third-order valence-corrected chi connectivity index (χ3v) is 4.68. The fourth-order valence-electron chi connectivity index (χ4n) is 2.91. The Labute approximate surface area is 157 Å². The number of anilines is 1. The molecule has 1 saturated heterocycles. The second-order valence-corrected chi connectivity index (χ2v) is 8.25. The van der Waals surface area contributed by atoms with Gasteiger partial charge in [0.05, 0.1) is 11.7 Å². The molecule has 3 rings (SSSR count). The van der Waals surface area contributed by atoms with Crippen molar-refractivity contribution in [3.8, 4) is 6.07 Å². The quantitative estimate of drug-likeness (QED) is 0.883. The molecule has 0 aromatic carbocycles. The van der Waals surface area contributed by atoms with Crippen LogP contribution in [-0.4, -0.2) is 32.6 Å². The number of H-pyrrole nitrogens is 1. The first kappa shape index (κ1) is 18.8. The number of nitriles is 1. The summed E-state index contributed by atoms with van der Waals surface area (Å²) < 4.78 is 1.42. The molecule has 0 amide bonds. The zero-order valence-electron chi connectivity index (χ0n) is 16.3. The minimum atomic E-state index is -0.651. The van der Waals surface area contributed by atoms with E-state index in [9.17, 15) is 9.59 Å². The van der Waals surface area contributed by atoms with Gasteiger partial charge in [-0.05, 0) is 0 Å². The van der Waals surface area contributed by atoms with E-state index >= 15 is 0 Å². The Bertz CT molecular complexity index is 1020. The van der Waals surface area contributed by atoms with Crippen LogP contribution in [0.4, 0.5) is 5.82 Å². The molecule has 0 bridgehead atoms. The number of rotatable bonds is 3. The van der Waals surface area contributed by atoms with Crippen molar-refractivity contribution in [2.75, 3.05) is 18.0 Å². The molecule has 0 unspecified atom stereocenters. The summed E-state index contributed by atoms with van der Waals surface area (Å²) in [5.74, 6) is 1.85. The first-order valence-corrected chi connectivity index (χ1v) is 9.00. The fourth-order valence-corrected chi connectivity index (χ4v) is 2.91. The first-order valence-electron chi connectivity index (χ1n) is 9.00. The van der Waals surface area contributed by atoms with Crippen LogP contribution >= 0.6 is 0 Å². The average Bonchev–Trinajstić information content (AvgIpc) is 2.54. The number of nitrogens with one attached hydrogen (secondary N) is 1. The Morgan fingerprint density at radius 3 is 2.48 bits per heavy atom. The maximum absolute atomic E-state index is 12.1. The molecule has 2 aromatic rings. The summed E-state index contributed by atoms with van der Waals surface area (Å²) in [7, 11) is 0. The van der Waals surface area contributed by atoms with Crippen molar-refractivity contribution in [3.05, 3.63) is 50.2 Å². The van der Waals surface area contributed by atoms with Gasteiger partial charge in [0.15, 0.2) is 0 Å². The Balaban J connectivity index is 1.88. The molecule has 0 spiro atoms.